The van der Waals surface area contributed by atoms with Crippen LogP contribution in [0.1, 0.15) is 32.8 Å². The van der Waals surface area contributed by atoms with Crippen molar-refractivity contribution in [2.24, 2.45) is 0 Å². The van der Waals surface area contributed by atoms with E-state index < -0.39 is 14.6 Å². The smallest absolute Gasteiger partial charge is 0.155 e. The van der Waals surface area contributed by atoms with Crippen LogP contribution in [0, 0.1) is 0 Å². The van der Waals surface area contributed by atoms with Gasteiger partial charge in [0.2, 0.25) is 0 Å². The number of anilines is 1. The van der Waals surface area contributed by atoms with Crippen LogP contribution in [0.2, 0.25) is 0 Å². The predicted molar refractivity (Wildman–Crippen MR) is 70.5 cm³/mol. The first-order valence-corrected chi connectivity index (χ1v) is 7.31. The molecule has 0 spiro atoms. The van der Waals surface area contributed by atoms with Crippen LogP contribution < -0.4 is 5.73 Å². The number of aryl methyl sites for hydroxylation is 1. The number of aromatic nitrogens is 1. The summed E-state index contributed by atoms with van der Waals surface area (Å²) in [7, 11) is -3.04. The first kappa shape index (κ1) is 14.0. The Kier molecular flexibility index (Phi) is 4.14. The maximum Gasteiger partial charge on any atom is 0.155 e. The van der Waals surface area contributed by atoms with Gasteiger partial charge in [-0.25, -0.2) is 13.4 Å². The molecule has 2 N–H and O–H groups in total. The van der Waals surface area contributed by atoms with Gasteiger partial charge >= 0.3 is 0 Å². The van der Waals surface area contributed by atoms with Gasteiger partial charge in [0, 0.05) is 6.20 Å². The highest BCUT2D eigenvalue weighted by molar-refractivity contribution is 7.92. The van der Waals surface area contributed by atoms with Crippen molar-refractivity contribution >= 4 is 15.7 Å². The maximum absolute atomic E-state index is 11.9. The molecule has 5 heteroatoms. The first-order chi connectivity index (χ1) is 7.74. The quantitative estimate of drug-likeness (QED) is 0.891. The summed E-state index contributed by atoms with van der Waals surface area (Å²) >= 11 is 0. The van der Waals surface area contributed by atoms with E-state index in [1.807, 2.05) is 12.1 Å². The van der Waals surface area contributed by atoms with Crippen molar-refractivity contribution in [1.82, 2.24) is 4.98 Å². The molecule has 0 aliphatic carbocycles. The van der Waals surface area contributed by atoms with Gasteiger partial charge in [-0.15, -0.1) is 0 Å². The van der Waals surface area contributed by atoms with E-state index in [4.69, 9.17) is 5.73 Å². The minimum atomic E-state index is -3.04. The van der Waals surface area contributed by atoms with Gasteiger partial charge in [-0.05, 0) is 45.2 Å². The summed E-state index contributed by atoms with van der Waals surface area (Å²) in [5.74, 6) is 0.672. The first-order valence-electron chi connectivity index (χ1n) is 5.66. The Labute approximate surface area is 103 Å². The summed E-state index contributed by atoms with van der Waals surface area (Å²) in [4.78, 5) is 3.97. The lowest BCUT2D eigenvalue weighted by molar-refractivity contribution is 0.557. The lowest BCUT2D eigenvalue weighted by atomic mass is 10.1. The Morgan fingerprint density at radius 3 is 2.53 bits per heavy atom. The third-order valence-corrected chi connectivity index (χ3v) is 5.41. The molecule has 1 aromatic rings. The molecular weight excluding hydrogens is 236 g/mol. The standard InChI is InChI=1S/C12H20N2O2S/c1-12(2,3)17(15,16)9-5-7-10-6-4-8-14-11(10)13/h4,6,8H,5,7,9H2,1-3H3,(H2,13,14). The van der Waals surface area contributed by atoms with Crippen LogP contribution in [-0.4, -0.2) is 23.9 Å². The third-order valence-electron chi connectivity index (χ3n) is 2.72. The van der Waals surface area contributed by atoms with E-state index in [9.17, 15) is 8.42 Å². The Morgan fingerprint density at radius 2 is 2.00 bits per heavy atom. The van der Waals surface area contributed by atoms with Crippen molar-refractivity contribution in [2.75, 3.05) is 11.5 Å². The van der Waals surface area contributed by atoms with E-state index in [2.05, 4.69) is 4.98 Å². The largest absolute Gasteiger partial charge is 0.383 e. The monoisotopic (exact) mass is 256 g/mol. The van der Waals surface area contributed by atoms with Gasteiger partial charge in [0.25, 0.3) is 0 Å². The molecule has 4 nitrogen and oxygen atoms in total. The van der Waals surface area contributed by atoms with Gasteiger partial charge in [-0.2, -0.15) is 0 Å². The molecule has 0 aliphatic rings. The van der Waals surface area contributed by atoms with E-state index in [0.717, 1.165) is 5.56 Å². The molecule has 0 fully saturated rings. The van der Waals surface area contributed by atoms with Crippen LogP contribution in [-0.2, 0) is 16.3 Å². The van der Waals surface area contributed by atoms with E-state index in [0.29, 0.717) is 18.7 Å². The number of hydrogen-bond donors (Lipinski definition) is 1. The van der Waals surface area contributed by atoms with Crippen LogP contribution in [0.5, 0.6) is 0 Å². The fourth-order valence-corrected chi connectivity index (χ4v) is 2.56. The van der Waals surface area contributed by atoms with Crippen molar-refractivity contribution in [3.63, 3.8) is 0 Å². The molecular formula is C12H20N2O2S. The molecule has 17 heavy (non-hydrogen) atoms. The summed E-state index contributed by atoms with van der Waals surface area (Å²) in [5.41, 5.74) is 6.61. The van der Waals surface area contributed by atoms with Crippen molar-refractivity contribution in [1.29, 1.82) is 0 Å². The topological polar surface area (TPSA) is 73.0 Å². The second-order valence-electron chi connectivity index (χ2n) is 5.08. The zero-order valence-electron chi connectivity index (χ0n) is 10.6. The van der Waals surface area contributed by atoms with Gasteiger partial charge in [-0.1, -0.05) is 6.07 Å². The van der Waals surface area contributed by atoms with Crippen molar-refractivity contribution in [2.45, 2.75) is 38.4 Å². The number of nitrogens with two attached hydrogens (primary N) is 1. The third kappa shape index (κ3) is 3.70. The average molecular weight is 256 g/mol. The SMILES string of the molecule is CC(C)(C)S(=O)(=O)CCCc1cccnc1N. The molecule has 1 heterocycles. The van der Waals surface area contributed by atoms with Gasteiger partial charge in [-0.3, -0.25) is 0 Å². The number of hydrogen-bond acceptors (Lipinski definition) is 4. The van der Waals surface area contributed by atoms with Crippen LogP contribution in [0.4, 0.5) is 5.82 Å². The number of nitrogens with zero attached hydrogens (tertiary/aromatic N) is 1. The average Bonchev–Trinajstić information content (AvgIpc) is 2.19. The van der Waals surface area contributed by atoms with Gasteiger partial charge < -0.3 is 5.73 Å². The fraction of sp³-hybridized carbons (Fsp3) is 0.583. The predicted octanol–water partition coefficient (Wildman–Crippen LogP) is 1.81. The van der Waals surface area contributed by atoms with Crippen LogP contribution in [0.15, 0.2) is 18.3 Å². The Hall–Kier alpha value is -1.10. The van der Waals surface area contributed by atoms with Crippen molar-refractivity contribution in [3.05, 3.63) is 23.9 Å². The van der Waals surface area contributed by atoms with Crippen molar-refractivity contribution < 1.29 is 8.42 Å². The Balaban J connectivity index is 2.58. The normalized spacial score (nSPS) is 12.6. The molecule has 0 aromatic carbocycles. The molecule has 0 unspecified atom stereocenters. The maximum atomic E-state index is 11.9. The molecule has 1 aromatic heterocycles. The number of rotatable bonds is 4. The second kappa shape index (κ2) is 5.04. The summed E-state index contributed by atoms with van der Waals surface area (Å²) in [6, 6.07) is 3.69. The summed E-state index contributed by atoms with van der Waals surface area (Å²) in [5, 5.41) is 0. The minimum absolute atomic E-state index is 0.185. The zero-order chi connectivity index (χ0) is 13.1. The number of sulfone groups is 1. The minimum Gasteiger partial charge on any atom is -0.383 e. The van der Waals surface area contributed by atoms with Gasteiger partial charge in [0.1, 0.15) is 5.82 Å². The van der Waals surface area contributed by atoms with E-state index >= 15 is 0 Å². The molecule has 0 saturated carbocycles. The summed E-state index contributed by atoms with van der Waals surface area (Å²) in [6.07, 6.45) is 2.86. The highest BCUT2D eigenvalue weighted by Crippen LogP contribution is 2.18. The Morgan fingerprint density at radius 1 is 1.35 bits per heavy atom. The Bertz CT molecular complexity index is 476. The molecule has 0 aliphatic heterocycles. The summed E-state index contributed by atoms with van der Waals surface area (Å²) < 4.78 is 23.1. The highest BCUT2D eigenvalue weighted by atomic mass is 32.2. The fourth-order valence-electron chi connectivity index (χ4n) is 1.42. The molecule has 0 amide bonds. The number of pyridine rings is 1. The zero-order valence-corrected chi connectivity index (χ0v) is 11.4. The van der Waals surface area contributed by atoms with Crippen molar-refractivity contribution in [3.8, 4) is 0 Å². The summed E-state index contributed by atoms with van der Waals surface area (Å²) in [6.45, 7) is 5.17. The second-order valence-corrected chi connectivity index (χ2v) is 7.95. The molecule has 0 saturated heterocycles. The van der Waals surface area contributed by atoms with Crippen LogP contribution in [0.3, 0.4) is 0 Å². The lowest BCUT2D eigenvalue weighted by Gasteiger charge is -2.18. The molecule has 1 rings (SSSR count). The molecule has 0 bridgehead atoms. The van der Waals surface area contributed by atoms with Crippen LogP contribution >= 0.6 is 0 Å². The highest BCUT2D eigenvalue weighted by Gasteiger charge is 2.28. The van der Waals surface area contributed by atoms with Gasteiger partial charge in [0.15, 0.2) is 9.84 Å². The molecule has 96 valence electrons. The number of nitrogen functional groups attached to an aromatic ring is 1. The van der Waals surface area contributed by atoms with Crippen LogP contribution in [0.25, 0.3) is 0 Å². The van der Waals surface area contributed by atoms with E-state index in [1.165, 1.54) is 0 Å². The molecule has 0 radical (unpaired) electrons. The van der Waals surface area contributed by atoms with Gasteiger partial charge in [0.05, 0.1) is 10.5 Å². The molecule has 0 atom stereocenters. The van der Waals surface area contributed by atoms with E-state index in [1.54, 1.807) is 27.0 Å². The van der Waals surface area contributed by atoms with E-state index in [-0.39, 0.29) is 5.75 Å². The lowest BCUT2D eigenvalue weighted by Crippen LogP contribution is -2.30.